The van der Waals surface area contributed by atoms with Crippen molar-refractivity contribution < 1.29 is 19.1 Å². The molecule has 0 aromatic heterocycles. The molecule has 5 nitrogen and oxygen atoms in total. The summed E-state index contributed by atoms with van der Waals surface area (Å²) in [6.45, 7) is 3.19. The smallest absolute Gasteiger partial charge is 0.304 e. The van der Waals surface area contributed by atoms with Crippen LogP contribution in [0.25, 0.3) is 0 Å². The van der Waals surface area contributed by atoms with Crippen LogP contribution in [0, 0.1) is 5.82 Å². The summed E-state index contributed by atoms with van der Waals surface area (Å²) >= 11 is 0. The van der Waals surface area contributed by atoms with Gasteiger partial charge in [0.05, 0.1) is 13.0 Å². The maximum atomic E-state index is 13.1. The fourth-order valence-electron chi connectivity index (χ4n) is 1.93. The summed E-state index contributed by atoms with van der Waals surface area (Å²) in [5.41, 5.74) is 0.735. The van der Waals surface area contributed by atoms with Crippen LogP contribution >= 0.6 is 0 Å². The van der Waals surface area contributed by atoms with Crippen molar-refractivity contribution in [3.8, 4) is 0 Å². The molecule has 0 unspecified atom stereocenters. The monoisotopic (exact) mass is 296 g/mol. The Morgan fingerprint density at radius 1 is 1.33 bits per heavy atom. The summed E-state index contributed by atoms with van der Waals surface area (Å²) in [6, 6.07) is 6.15. The first-order valence-corrected chi connectivity index (χ1v) is 6.85. The van der Waals surface area contributed by atoms with Crippen LogP contribution in [0.5, 0.6) is 0 Å². The first-order valence-electron chi connectivity index (χ1n) is 6.85. The molecular formula is C15H21FN2O3. The van der Waals surface area contributed by atoms with Gasteiger partial charge in [-0.25, -0.2) is 4.39 Å². The van der Waals surface area contributed by atoms with E-state index in [1.807, 2.05) is 6.92 Å². The lowest BCUT2D eigenvalue weighted by Crippen LogP contribution is -2.39. The lowest BCUT2D eigenvalue weighted by atomic mass is 10.2. The number of hydrogen-bond donors (Lipinski definition) is 1. The van der Waals surface area contributed by atoms with Crippen LogP contribution in [0.4, 0.5) is 4.39 Å². The predicted molar refractivity (Wildman–Crippen MR) is 77.2 cm³/mol. The van der Waals surface area contributed by atoms with Crippen LogP contribution in [-0.4, -0.2) is 53.5 Å². The van der Waals surface area contributed by atoms with Crippen LogP contribution in [0.15, 0.2) is 24.3 Å². The number of benzene rings is 1. The Bertz CT molecular complexity index is 494. The minimum atomic E-state index is -0.888. The maximum absolute atomic E-state index is 13.1. The maximum Gasteiger partial charge on any atom is 0.304 e. The summed E-state index contributed by atoms with van der Waals surface area (Å²) < 4.78 is 13.1. The molecule has 1 rings (SSSR count). The Labute approximate surface area is 124 Å². The number of halogens is 1. The quantitative estimate of drug-likeness (QED) is 0.791. The fourth-order valence-corrected chi connectivity index (χ4v) is 1.93. The van der Waals surface area contributed by atoms with Crippen molar-refractivity contribution in [1.82, 2.24) is 9.80 Å². The first-order chi connectivity index (χ1) is 9.92. The standard InChI is InChI=1S/C15H21FN2O3/c1-3-18(10-12-5-4-6-13(16)9-12)14(19)11-17(2)8-7-15(20)21/h4-6,9H,3,7-8,10-11H2,1-2H3,(H,20,21). The zero-order valence-corrected chi connectivity index (χ0v) is 12.4. The molecular weight excluding hydrogens is 275 g/mol. The van der Waals surface area contributed by atoms with E-state index in [9.17, 15) is 14.0 Å². The van der Waals surface area contributed by atoms with Gasteiger partial charge in [0, 0.05) is 19.6 Å². The highest BCUT2D eigenvalue weighted by Crippen LogP contribution is 2.08. The molecule has 6 heteroatoms. The Morgan fingerprint density at radius 2 is 2.05 bits per heavy atom. The van der Waals surface area contributed by atoms with Crippen LogP contribution < -0.4 is 0 Å². The molecule has 21 heavy (non-hydrogen) atoms. The molecule has 0 heterocycles. The second-order valence-corrected chi connectivity index (χ2v) is 4.92. The van der Waals surface area contributed by atoms with Crippen molar-refractivity contribution in [3.05, 3.63) is 35.6 Å². The average molecular weight is 296 g/mol. The lowest BCUT2D eigenvalue weighted by Gasteiger charge is -2.24. The topological polar surface area (TPSA) is 60.9 Å². The minimum absolute atomic E-state index is 0.000197. The number of carboxylic acid groups (broad SMARTS) is 1. The lowest BCUT2D eigenvalue weighted by molar-refractivity contribution is -0.138. The zero-order chi connectivity index (χ0) is 15.8. The number of likely N-dealkylation sites (N-methyl/N-ethyl adjacent to an activating group) is 2. The number of rotatable bonds is 8. The van der Waals surface area contributed by atoms with Crippen LogP contribution in [-0.2, 0) is 16.1 Å². The highest BCUT2D eigenvalue weighted by atomic mass is 19.1. The summed E-state index contributed by atoms with van der Waals surface area (Å²) in [7, 11) is 1.71. The molecule has 1 amide bonds. The Morgan fingerprint density at radius 3 is 2.62 bits per heavy atom. The number of amides is 1. The van der Waals surface area contributed by atoms with Gasteiger partial charge in [-0.3, -0.25) is 14.5 Å². The van der Waals surface area contributed by atoms with E-state index in [2.05, 4.69) is 0 Å². The summed E-state index contributed by atoms with van der Waals surface area (Å²) in [6.07, 6.45) is -0.000197. The van der Waals surface area contributed by atoms with Gasteiger partial charge < -0.3 is 10.0 Å². The third-order valence-corrected chi connectivity index (χ3v) is 3.11. The molecule has 0 saturated heterocycles. The van der Waals surface area contributed by atoms with Crippen molar-refractivity contribution in [2.24, 2.45) is 0 Å². The molecule has 0 bridgehead atoms. The van der Waals surface area contributed by atoms with Gasteiger partial charge in [-0.1, -0.05) is 12.1 Å². The van der Waals surface area contributed by atoms with Crippen LogP contribution in [0.2, 0.25) is 0 Å². The summed E-state index contributed by atoms with van der Waals surface area (Å²) in [5.74, 6) is -1.31. The van der Waals surface area contributed by atoms with Gasteiger partial charge in [-0.05, 0) is 31.7 Å². The Hall–Kier alpha value is -1.95. The van der Waals surface area contributed by atoms with Gasteiger partial charge in [0.25, 0.3) is 0 Å². The normalized spacial score (nSPS) is 10.7. The Kier molecular flexibility index (Phi) is 6.81. The Balaban J connectivity index is 2.54. The van der Waals surface area contributed by atoms with Gasteiger partial charge in [-0.2, -0.15) is 0 Å². The molecule has 1 aromatic carbocycles. The number of aliphatic carboxylic acids is 1. The number of hydrogen-bond acceptors (Lipinski definition) is 3. The SMILES string of the molecule is CCN(Cc1cccc(F)c1)C(=O)CN(C)CCC(=O)O. The van der Waals surface area contributed by atoms with Gasteiger partial charge in [0.2, 0.25) is 5.91 Å². The zero-order valence-electron chi connectivity index (χ0n) is 12.4. The van der Waals surface area contributed by atoms with Crippen molar-refractivity contribution in [1.29, 1.82) is 0 Å². The molecule has 0 spiro atoms. The molecule has 0 aliphatic rings. The van der Waals surface area contributed by atoms with Crippen LogP contribution in [0.1, 0.15) is 18.9 Å². The fraction of sp³-hybridized carbons (Fsp3) is 0.467. The number of carbonyl (C=O) groups is 2. The third-order valence-electron chi connectivity index (χ3n) is 3.11. The second-order valence-electron chi connectivity index (χ2n) is 4.92. The van der Waals surface area contributed by atoms with E-state index in [0.29, 0.717) is 19.6 Å². The van der Waals surface area contributed by atoms with Crippen molar-refractivity contribution >= 4 is 11.9 Å². The van der Waals surface area contributed by atoms with Crippen molar-refractivity contribution in [2.75, 3.05) is 26.7 Å². The van der Waals surface area contributed by atoms with E-state index in [4.69, 9.17) is 5.11 Å². The molecule has 0 atom stereocenters. The van der Waals surface area contributed by atoms with E-state index in [1.165, 1.54) is 12.1 Å². The number of carbonyl (C=O) groups excluding carboxylic acids is 1. The number of carboxylic acids is 1. The molecule has 1 aromatic rings. The van der Waals surface area contributed by atoms with Gasteiger partial charge >= 0.3 is 5.97 Å². The minimum Gasteiger partial charge on any atom is -0.481 e. The van der Waals surface area contributed by atoms with Crippen molar-refractivity contribution in [2.45, 2.75) is 19.9 Å². The van der Waals surface area contributed by atoms with E-state index in [1.54, 1.807) is 29.0 Å². The van der Waals surface area contributed by atoms with E-state index in [0.717, 1.165) is 5.56 Å². The summed E-state index contributed by atoms with van der Waals surface area (Å²) in [5, 5.41) is 8.62. The van der Waals surface area contributed by atoms with Crippen LogP contribution in [0.3, 0.4) is 0 Å². The molecule has 0 fully saturated rings. The summed E-state index contributed by atoms with van der Waals surface area (Å²) in [4.78, 5) is 25.9. The molecule has 116 valence electrons. The largest absolute Gasteiger partial charge is 0.481 e. The highest BCUT2D eigenvalue weighted by molar-refractivity contribution is 5.78. The van der Waals surface area contributed by atoms with Gasteiger partial charge in [-0.15, -0.1) is 0 Å². The van der Waals surface area contributed by atoms with Gasteiger partial charge in [0.1, 0.15) is 5.82 Å². The molecule has 0 saturated carbocycles. The van der Waals surface area contributed by atoms with E-state index >= 15 is 0 Å². The second kappa shape index (κ2) is 8.36. The van der Waals surface area contributed by atoms with E-state index < -0.39 is 5.97 Å². The molecule has 0 aliphatic heterocycles. The molecule has 0 aliphatic carbocycles. The highest BCUT2D eigenvalue weighted by Gasteiger charge is 2.15. The molecule has 1 N–H and O–H groups in total. The molecule has 0 radical (unpaired) electrons. The van der Waals surface area contributed by atoms with Crippen molar-refractivity contribution in [3.63, 3.8) is 0 Å². The average Bonchev–Trinajstić information content (AvgIpc) is 2.42. The van der Waals surface area contributed by atoms with E-state index in [-0.39, 0.29) is 24.7 Å². The van der Waals surface area contributed by atoms with Gasteiger partial charge in [0.15, 0.2) is 0 Å². The first kappa shape index (κ1) is 17.1. The number of nitrogens with zero attached hydrogens (tertiary/aromatic N) is 2. The predicted octanol–water partition coefficient (Wildman–Crippen LogP) is 1.58. The third kappa shape index (κ3) is 6.35.